The van der Waals surface area contributed by atoms with Gasteiger partial charge in [0, 0.05) is 16.9 Å². The minimum Gasteiger partial charge on any atom is -0.507 e. The van der Waals surface area contributed by atoms with Gasteiger partial charge in [-0.3, -0.25) is 4.79 Å². The van der Waals surface area contributed by atoms with Crippen molar-refractivity contribution < 1.29 is 9.90 Å². The first kappa shape index (κ1) is 14.0. The first-order valence-electron chi connectivity index (χ1n) is 5.91. The van der Waals surface area contributed by atoms with E-state index >= 15 is 0 Å². The van der Waals surface area contributed by atoms with E-state index in [2.05, 4.69) is 12.2 Å². The van der Waals surface area contributed by atoms with Crippen LogP contribution >= 0.6 is 34.4 Å². The standard InChI is InChI=1S/C13H16INO2S/c1-13(5-2-6-18-13)8-15-12(17)9-3-4-10(14)11(16)7-9/h3-4,7,16H,2,5-6,8H2,1H3,(H,15,17). The molecule has 98 valence electrons. The third kappa shape index (κ3) is 3.32. The zero-order valence-corrected chi connectivity index (χ0v) is 13.2. The maximum absolute atomic E-state index is 12.0. The minimum absolute atomic E-state index is 0.115. The fraction of sp³-hybridized carbons (Fsp3) is 0.462. The van der Waals surface area contributed by atoms with Gasteiger partial charge < -0.3 is 10.4 Å². The number of amides is 1. The highest BCUT2D eigenvalue weighted by Gasteiger charge is 2.29. The average Bonchev–Trinajstić information content (AvgIpc) is 2.77. The highest BCUT2D eigenvalue weighted by molar-refractivity contribution is 14.1. The summed E-state index contributed by atoms with van der Waals surface area (Å²) in [5, 5.41) is 12.5. The van der Waals surface area contributed by atoms with Crippen LogP contribution in [0.3, 0.4) is 0 Å². The van der Waals surface area contributed by atoms with E-state index in [0.717, 1.165) is 9.99 Å². The molecular weight excluding hydrogens is 361 g/mol. The Labute approximate surface area is 125 Å². The molecule has 1 aliphatic heterocycles. The van der Waals surface area contributed by atoms with Crippen molar-refractivity contribution in [1.82, 2.24) is 5.32 Å². The number of nitrogens with one attached hydrogen (secondary N) is 1. The molecular formula is C13H16INO2S. The molecule has 0 aliphatic carbocycles. The van der Waals surface area contributed by atoms with Crippen LogP contribution in [-0.4, -0.2) is 28.1 Å². The third-order valence-electron chi connectivity index (χ3n) is 3.13. The molecule has 1 aromatic rings. The molecule has 1 heterocycles. The summed E-state index contributed by atoms with van der Waals surface area (Å²) in [6.07, 6.45) is 2.37. The Morgan fingerprint density at radius 2 is 2.39 bits per heavy atom. The molecule has 0 radical (unpaired) electrons. The lowest BCUT2D eigenvalue weighted by Gasteiger charge is -2.22. The van der Waals surface area contributed by atoms with E-state index in [-0.39, 0.29) is 16.4 Å². The highest BCUT2D eigenvalue weighted by atomic mass is 127. The predicted octanol–water partition coefficient (Wildman–Crippen LogP) is 3.01. The van der Waals surface area contributed by atoms with Crippen molar-refractivity contribution in [2.75, 3.05) is 12.3 Å². The summed E-state index contributed by atoms with van der Waals surface area (Å²) in [4.78, 5) is 12.0. The lowest BCUT2D eigenvalue weighted by atomic mass is 10.1. The van der Waals surface area contributed by atoms with Gasteiger partial charge in [-0.15, -0.1) is 0 Å². The molecule has 1 atom stereocenters. The maximum Gasteiger partial charge on any atom is 0.251 e. The van der Waals surface area contributed by atoms with Gasteiger partial charge in [-0.25, -0.2) is 0 Å². The Kier molecular flexibility index (Phi) is 4.42. The first-order valence-corrected chi connectivity index (χ1v) is 7.97. The van der Waals surface area contributed by atoms with Crippen molar-refractivity contribution >= 4 is 40.3 Å². The van der Waals surface area contributed by atoms with E-state index in [9.17, 15) is 9.90 Å². The van der Waals surface area contributed by atoms with Crippen LogP contribution in [0.5, 0.6) is 5.75 Å². The number of benzene rings is 1. The second-order valence-corrected chi connectivity index (χ2v) is 7.60. The quantitative estimate of drug-likeness (QED) is 0.797. The fourth-order valence-corrected chi connectivity index (χ4v) is 3.58. The zero-order valence-electron chi connectivity index (χ0n) is 10.2. The monoisotopic (exact) mass is 377 g/mol. The fourth-order valence-electron chi connectivity index (χ4n) is 2.00. The third-order valence-corrected chi connectivity index (χ3v) is 5.58. The molecule has 1 unspecified atom stereocenters. The van der Waals surface area contributed by atoms with Crippen LogP contribution < -0.4 is 5.32 Å². The van der Waals surface area contributed by atoms with Crippen LogP contribution in [0, 0.1) is 3.57 Å². The minimum atomic E-state index is -0.115. The number of carbonyl (C=O) groups is 1. The van der Waals surface area contributed by atoms with Crippen molar-refractivity contribution in [3.05, 3.63) is 27.3 Å². The number of carbonyl (C=O) groups excluding carboxylic acids is 1. The van der Waals surface area contributed by atoms with E-state index in [1.54, 1.807) is 12.1 Å². The number of halogens is 1. The molecule has 3 nitrogen and oxygen atoms in total. The second kappa shape index (κ2) is 5.69. The van der Waals surface area contributed by atoms with Crippen LogP contribution in [-0.2, 0) is 0 Å². The Hall–Kier alpha value is -0.430. The normalized spacial score (nSPS) is 23.0. The van der Waals surface area contributed by atoms with Gasteiger partial charge in [0.25, 0.3) is 5.91 Å². The van der Waals surface area contributed by atoms with Crippen molar-refractivity contribution in [2.45, 2.75) is 24.5 Å². The molecule has 5 heteroatoms. The molecule has 1 fully saturated rings. The number of phenolic OH excluding ortho intramolecular Hbond substituents is 1. The van der Waals surface area contributed by atoms with Gasteiger partial charge in [0.05, 0.1) is 3.57 Å². The number of rotatable bonds is 3. The van der Waals surface area contributed by atoms with Gasteiger partial charge in [-0.05, 0) is 66.3 Å². The van der Waals surface area contributed by atoms with Crippen molar-refractivity contribution in [1.29, 1.82) is 0 Å². The van der Waals surface area contributed by atoms with Crippen LogP contribution in [0.25, 0.3) is 0 Å². The number of hydrogen-bond acceptors (Lipinski definition) is 3. The van der Waals surface area contributed by atoms with Gasteiger partial charge in [0.1, 0.15) is 5.75 Å². The van der Waals surface area contributed by atoms with E-state index in [0.29, 0.717) is 12.1 Å². The molecule has 0 spiro atoms. The lowest BCUT2D eigenvalue weighted by molar-refractivity contribution is 0.0949. The summed E-state index contributed by atoms with van der Waals surface area (Å²) in [6.45, 7) is 2.87. The second-order valence-electron chi connectivity index (χ2n) is 4.75. The SMILES string of the molecule is CC1(CNC(=O)c2ccc(I)c(O)c2)CCCS1. The van der Waals surface area contributed by atoms with E-state index < -0.39 is 0 Å². The van der Waals surface area contributed by atoms with Gasteiger partial charge in [0.2, 0.25) is 0 Å². The van der Waals surface area contributed by atoms with E-state index in [1.165, 1.54) is 18.2 Å². The van der Waals surface area contributed by atoms with Crippen molar-refractivity contribution in [3.8, 4) is 5.75 Å². The molecule has 1 saturated heterocycles. The topological polar surface area (TPSA) is 49.3 Å². The highest BCUT2D eigenvalue weighted by Crippen LogP contribution is 2.37. The average molecular weight is 377 g/mol. The summed E-state index contributed by atoms with van der Waals surface area (Å²) >= 11 is 3.96. The molecule has 1 amide bonds. The molecule has 0 aromatic heterocycles. The first-order chi connectivity index (χ1) is 8.50. The molecule has 18 heavy (non-hydrogen) atoms. The largest absolute Gasteiger partial charge is 0.507 e. The van der Waals surface area contributed by atoms with E-state index in [1.807, 2.05) is 34.4 Å². The molecule has 0 bridgehead atoms. The molecule has 2 N–H and O–H groups in total. The summed E-state index contributed by atoms with van der Waals surface area (Å²) in [5.74, 6) is 1.22. The molecule has 1 aliphatic rings. The maximum atomic E-state index is 12.0. The zero-order chi connectivity index (χ0) is 13.2. The summed E-state index contributed by atoms with van der Waals surface area (Å²) < 4.78 is 0.920. The molecule has 0 saturated carbocycles. The summed E-state index contributed by atoms with van der Waals surface area (Å²) in [6, 6.07) is 5.00. The Morgan fingerprint density at radius 3 is 3.00 bits per heavy atom. The Morgan fingerprint density at radius 1 is 1.61 bits per heavy atom. The van der Waals surface area contributed by atoms with Gasteiger partial charge in [-0.1, -0.05) is 0 Å². The van der Waals surface area contributed by atoms with Crippen LogP contribution in [0.4, 0.5) is 0 Å². The van der Waals surface area contributed by atoms with Gasteiger partial charge in [-0.2, -0.15) is 11.8 Å². The van der Waals surface area contributed by atoms with Crippen LogP contribution in [0.2, 0.25) is 0 Å². The number of hydrogen-bond donors (Lipinski definition) is 2. The molecule has 1 aromatic carbocycles. The van der Waals surface area contributed by atoms with Crippen LogP contribution in [0.15, 0.2) is 18.2 Å². The van der Waals surface area contributed by atoms with Crippen molar-refractivity contribution in [2.24, 2.45) is 0 Å². The predicted molar refractivity (Wildman–Crippen MR) is 83.3 cm³/mol. The summed E-state index contributed by atoms with van der Waals surface area (Å²) in [5.41, 5.74) is 0.513. The molecule has 2 rings (SSSR count). The van der Waals surface area contributed by atoms with Crippen LogP contribution in [0.1, 0.15) is 30.1 Å². The van der Waals surface area contributed by atoms with Gasteiger partial charge >= 0.3 is 0 Å². The van der Waals surface area contributed by atoms with E-state index in [4.69, 9.17) is 0 Å². The lowest BCUT2D eigenvalue weighted by Crippen LogP contribution is -2.36. The number of thioether (sulfide) groups is 1. The number of aromatic hydroxyl groups is 1. The Balaban J connectivity index is 1.97. The smallest absolute Gasteiger partial charge is 0.251 e. The Bertz CT molecular complexity index is 458. The number of phenols is 1. The summed E-state index contributed by atoms with van der Waals surface area (Å²) in [7, 11) is 0. The van der Waals surface area contributed by atoms with Crippen molar-refractivity contribution in [3.63, 3.8) is 0 Å². The van der Waals surface area contributed by atoms with Gasteiger partial charge in [0.15, 0.2) is 0 Å².